The van der Waals surface area contributed by atoms with E-state index in [0.717, 1.165) is 16.3 Å². The molecule has 8 nitrogen and oxygen atoms in total. The monoisotopic (exact) mass is 351 g/mol. The van der Waals surface area contributed by atoms with Crippen molar-refractivity contribution in [2.45, 2.75) is 20.8 Å². The SMILES string of the molecule is Cc1cccc(-n2nc(C(=O)Nc3nc(C)cc(C)n3)c(O)cc2=O)c1. The van der Waals surface area contributed by atoms with Crippen molar-refractivity contribution in [2.75, 3.05) is 5.32 Å². The van der Waals surface area contributed by atoms with Crippen molar-refractivity contribution in [1.29, 1.82) is 0 Å². The van der Waals surface area contributed by atoms with E-state index in [1.807, 2.05) is 13.0 Å². The van der Waals surface area contributed by atoms with E-state index in [2.05, 4.69) is 20.4 Å². The van der Waals surface area contributed by atoms with Crippen molar-refractivity contribution >= 4 is 11.9 Å². The van der Waals surface area contributed by atoms with Crippen LogP contribution in [0.3, 0.4) is 0 Å². The molecule has 8 heteroatoms. The molecule has 26 heavy (non-hydrogen) atoms. The highest BCUT2D eigenvalue weighted by molar-refractivity contribution is 6.03. The van der Waals surface area contributed by atoms with Crippen LogP contribution < -0.4 is 10.9 Å². The summed E-state index contributed by atoms with van der Waals surface area (Å²) in [5.74, 6) is -1.13. The van der Waals surface area contributed by atoms with Gasteiger partial charge in [0.1, 0.15) is 0 Å². The number of aromatic nitrogens is 4. The summed E-state index contributed by atoms with van der Waals surface area (Å²) in [4.78, 5) is 32.9. The predicted molar refractivity (Wildman–Crippen MR) is 95.7 cm³/mol. The summed E-state index contributed by atoms with van der Waals surface area (Å²) in [6.45, 7) is 5.43. The molecule has 0 aliphatic carbocycles. The molecule has 0 atom stereocenters. The summed E-state index contributed by atoms with van der Waals surface area (Å²) in [5.41, 5.74) is 1.95. The first kappa shape index (κ1) is 17.3. The largest absolute Gasteiger partial charge is 0.505 e. The number of rotatable bonds is 3. The van der Waals surface area contributed by atoms with Gasteiger partial charge in [0, 0.05) is 17.5 Å². The van der Waals surface area contributed by atoms with Crippen LogP contribution in [0.4, 0.5) is 5.95 Å². The molecule has 0 spiro atoms. The van der Waals surface area contributed by atoms with Gasteiger partial charge in [-0.1, -0.05) is 12.1 Å². The summed E-state index contributed by atoms with van der Waals surface area (Å²) in [5, 5.41) is 16.5. The second kappa shape index (κ2) is 6.75. The number of nitrogens with one attached hydrogen (secondary N) is 1. The van der Waals surface area contributed by atoms with Crippen molar-refractivity contribution in [2.24, 2.45) is 0 Å². The summed E-state index contributed by atoms with van der Waals surface area (Å²) in [6, 6.07) is 9.80. The van der Waals surface area contributed by atoms with E-state index in [1.165, 1.54) is 0 Å². The quantitative estimate of drug-likeness (QED) is 0.746. The molecule has 1 aromatic carbocycles. The van der Waals surface area contributed by atoms with Gasteiger partial charge >= 0.3 is 0 Å². The van der Waals surface area contributed by atoms with Gasteiger partial charge in [-0.2, -0.15) is 9.78 Å². The molecule has 2 aromatic heterocycles. The number of nitrogens with zero attached hydrogens (tertiary/aromatic N) is 4. The number of carbonyl (C=O) groups is 1. The molecule has 3 rings (SSSR count). The van der Waals surface area contributed by atoms with Crippen molar-refractivity contribution in [3.05, 3.63) is 69.4 Å². The standard InChI is InChI=1S/C18H17N5O3/c1-10-5-4-6-13(7-10)23-15(25)9-14(24)16(22-23)17(26)21-18-19-11(2)8-12(3)20-18/h4-9,24H,1-3H3,(H,19,20,21,26). The Morgan fingerprint density at radius 3 is 2.42 bits per heavy atom. The molecule has 0 fully saturated rings. The lowest BCUT2D eigenvalue weighted by Crippen LogP contribution is -2.25. The highest BCUT2D eigenvalue weighted by Crippen LogP contribution is 2.15. The molecule has 0 saturated heterocycles. The first-order valence-electron chi connectivity index (χ1n) is 7.87. The van der Waals surface area contributed by atoms with Gasteiger partial charge in [0.15, 0.2) is 11.4 Å². The fraction of sp³-hybridized carbons (Fsp3) is 0.167. The van der Waals surface area contributed by atoms with E-state index in [-0.39, 0.29) is 11.6 Å². The Kier molecular flexibility index (Phi) is 4.49. The number of anilines is 1. The zero-order valence-corrected chi connectivity index (χ0v) is 14.5. The van der Waals surface area contributed by atoms with E-state index in [1.54, 1.807) is 38.1 Å². The minimum absolute atomic E-state index is 0.0991. The van der Waals surface area contributed by atoms with Gasteiger partial charge in [0.2, 0.25) is 5.95 Å². The molecule has 0 saturated carbocycles. The van der Waals surface area contributed by atoms with Gasteiger partial charge in [-0.05, 0) is 44.5 Å². The Balaban J connectivity index is 2.00. The minimum atomic E-state index is -0.714. The molecule has 132 valence electrons. The Labute approximate surface area is 149 Å². The summed E-state index contributed by atoms with van der Waals surface area (Å²) in [7, 11) is 0. The number of aromatic hydroxyl groups is 1. The third kappa shape index (κ3) is 3.59. The Bertz CT molecular complexity index is 1040. The molecule has 0 radical (unpaired) electrons. The van der Waals surface area contributed by atoms with Crippen LogP contribution in [-0.4, -0.2) is 30.8 Å². The molecule has 0 aliphatic rings. The van der Waals surface area contributed by atoms with Crippen LogP contribution in [0.25, 0.3) is 5.69 Å². The first-order valence-corrected chi connectivity index (χ1v) is 7.87. The van der Waals surface area contributed by atoms with Crippen LogP contribution in [0.5, 0.6) is 5.75 Å². The Morgan fingerprint density at radius 2 is 1.77 bits per heavy atom. The third-order valence-corrected chi connectivity index (χ3v) is 3.58. The molecular weight excluding hydrogens is 334 g/mol. The Morgan fingerprint density at radius 1 is 1.08 bits per heavy atom. The van der Waals surface area contributed by atoms with Crippen LogP contribution in [0.1, 0.15) is 27.4 Å². The lowest BCUT2D eigenvalue weighted by molar-refractivity contribution is 0.101. The van der Waals surface area contributed by atoms with E-state index in [4.69, 9.17) is 0 Å². The molecule has 0 bridgehead atoms. The van der Waals surface area contributed by atoms with Gasteiger partial charge in [-0.3, -0.25) is 14.9 Å². The highest BCUT2D eigenvalue weighted by atomic mass is 16.3. The predicted octanol–water partition coefficient (Wildman–Crippen LogP) is 1.91. The maximum atomic E-state index is 12.5. The maximum absolute atomic E-state index is 12.5. The molecule has 2 N–H and O–H groups in total. The van der Waals surface area contributed by atoms with Gasteiger partial charge in [0.05, 0.1) is 5.69 Å². The number of hydrogen-bond donors (Lipinski definition) is 2. The number of benzene rings is 1. The lowest BCUT2D eigenvalue weighted by atomic mass is 10.2. The fourth-order valence-electron chi connectivity index (χ4n) is 2.50. The summed E-state index contributed by atoms with van der Waals surface area (Å²) in [6.07, 6.45) is 0. The molecule has 1 amide bonds. The molecule has 0 unspecified atom stereocenters. The van der Waals surface area contributed by atoms with Crippen molar-refractivity contribution in [1.82, 2.24) is 19.7 Å². The second-order valence-electron chi connectivity index (χ2n) is 5.90. The summed E-state index contributed by atoms with van der Waals surface area (Å²) >= 11 is 0. The Hall–Kier alpha value is -3.55. The smallest absolute Gasteiger partial charge is 0.282 e. The topological polar surface area (TPSA) is 110 Å². The van der Waals surface area contributed by atoms with Crippen LogP contribution in [-0.2, 0) is 0 Å². The van der Waals surface area contributed by atoms with Gasteiger partial charge in [-0.15, -0.1) is 0 Å². The van der Waals surface area contributed by atoms with Gasteiger partial charge in [0.25, 0.3) is 11.5 Å². The zero-order valence-electron chi connectivity index (χ0n) is 14.5. The molecule has 0 aliphatic heterocycles. The van der Waals surface area contributed by atoms with Gasteiger partial charge < -0.3 is 5.11 Å². The van der Waals surface area contributed by atoms with E-state index < -0.39 is 17.2 Å². The first-order chi connectivity index (χ1) is 12.3. The average Bonchev–Trinajstić information content (AvgIpc) is 2.53. The van der Waals surface area contributed by atoms with Gasteiger partial charge in [-0.25, -0.2) is 9.97 Å². The van der Waals surface area contributed by atoms with E-state index >= 15 is 0 Å². The molecule has 3 aromatic rings. The minimum Gasteiger partial charge on any atom is -0.505 e. The normalized spacial score (nSPS) is 10.6. The zero-order chi connectivity index (χ0) is 18.8. The summed E-state index contributed by atoms with van der Waals surface area (Å²) < 4.78 is 1.06. The fourth-order valence-corrected chi connectivity index (χ4v) is 2.50. The van der Waals surface area contributed by atoms with Crippen LogP contribution in [0, 0.1) is 20.8 Å². The molecular formula is C18H17N5O3. The third-order valence-electron chi connectivity index (χ3n) is 3.58. The number of aryl methyl sites for hydroxylation is 3. The van der Waals surface area contributed by atoms with Crippen molar-refractivity contribution in [3.63, 3.8) is 0 Å². The van der Waals surface area contributed by atoms with Crippen LogP contribution >= 0.6 is 0 Å². The van der Waals surface area contributed by atoms with Crippen LogP contribution in [0.15, 0.2) is 41.2 Å². The average molecular weight is 351 g/mol. The number of amides is 1. The second-order valence-corrected chi connectivity index (χ2v) is 5.90. The van der Waals surface area contributed by atoms with Crippen molar-refractivity contribution in [3.8, 4) is 11.4 Å². The maximum Gasteiger partial charge on any atom is 0.282 e. The number of carbonyl (C=O) groups excluding carboxylic acids is 1. The molecule has 2 heterocycles. The van der Waals surface area contributed by atoms with E-state index in [9.17, 15) is 14.7 Å². The van der Waals surface area contributed by atoms with Crippen LogP contribution in [0.2, 0.25) is 0 Å². The van der Waals surface area contributed by atoms with Crippen molar-refractivity contribution < 1.29 is 9.90 Å². The van der Waals surface area contributed by atoms with E-state index in [0.29, 0.717) is 17.1 Å². The highest BCUT2D eigenvalue weighted by Gasteiger charge is 2.18. The number of hydrogen-bond acceptors (Lipinski definition) is 6. The lowest BCUT2D eigenvalue weighted by Gasteiger charge is -2.10.